The molecule has 2 N–H and O–H groups in total. The molecule has 0 heterocycles. The van der Waals surface area contributed by atoms with Crippen molar-refractivity contribution in [2.75, 3.05) is 11.4 Å². The molecule has 0 aromatic heterocycles. The highest BCUT2D eigenvalue weighted by Crippen LogP contribution is 2.28. The minimum Gasteiger partial charge on any atom is -0.480 e. The molecule has 0 aliphatic carbocycles. The summed E-state index contributed by atoms with van der Waals surface area (Å²) in [5.41, 5.74) is 3.07. The van der Waals surface area contributed by atoms with Crippen molar-refractivity contribution in [3.63, 3.8) is 0 Å². The highest BCUT2D eigenvalue weighted by atomic mass is 32.2. The van der Waals surface area contributed by atoms with Crippen LogP contribution in [-0.2, 0) is 21.2 Å². The fourth-order valence-electron chi connectivity index (χ4n) is 4.14. The Morgan fingerprint density at radius 1 is 1.05 bits per heavy atom. The third-order valence-electron chi connectivity index (χ3n) is 5.88. The number of nitrogens with one attached hydrogen (secondary N) is 1. The van der Waals surface area contributed by atoms with E-state index in [0.29, 0.717) is 36.2 Å². The quantitative estimate of drug-likeness (QED) is 0.380. The van der Waals surface area contributed by atoms with Crippen LogP contribution in [-0.4, -0.2) is 37.6 Å². The zero-order chi connectivity index (χ0) is 27.2. The normalized spacial score (nSPS) is 12.5. The number of aliphatic carboxylic acids is 1. The Kier molecular flexibility index (Phi) is 8.74. The van der Waals surface area contributed by atoms with Crippen molar-refractivity contribution in [2.45, 2.75) is 57.0 Å². The van der Waals surface area contributed by atoms with Crippen LogP contribution in [0.25, 0.3) is 11.1 Å². The average Bonchev–Trinajstić information content (AvgIpc) is 2.85. The zero-order valence-corrected chi connectivity index (χ0v) is 22.4. The van der Waals surface area contributed by atoms with Gasteiger partial charge in [0.25, 0.3) is 0 Å². The molecule has 1 atom stereocenters. The van der Waals surface area contributed by atoms with Gasteiger partial charge >= 0.3 is 5.97 Å². The number of aryl methyl sites for hydroxylation is 1. The maximum atomic E-state index is 13.0. The van der Waals surface area contributed by atoms with Crippen molar-refractivity contribution in [3.05, 3.63) is 83.9 Å². The fourth-order valence-corrected chi connectivity index (χ4v) is 5.79. The van der Waals surface area contributed by atoms with Crippen molar-refractivity contribution in [1.82, 2.24) is 4.72 Å². The number of carbonyl (C=O) groups is 1. The van der Waals surface area contributed by atoms with Gasteiger partial charge in [-0.25, -0.2) is 17.9 Å². The maximum absolute atomic E-state index is 13.0. The molecule has 0 saturated carbocycles. The number of nitrogens with zero attached hydrogens (tertiary/aromatic N) is 2. The number of benzene rings is 3. The Morgan fingerprint density at radius 2 is 1.73 bits per heavy atom. The lowest BCUT2D eigenvalue weighted by molar-refractivity contribution is -0.138. The molecule has 0 aliphatic rings. The van der Waals surface area contributed by atoms with Crippen LogP contribution in [0.1, 0.15) is 45.2 Å². The summed E-state index contributed by atoms with van der Waals surface area (Å²) in [7, 11) is -3.70. The molecule has 0 bridgehead atoms. The van der Waals surface area contributed by atoms with Crippen LogP contribution < -0.4 is 9.62 Å². The van der Waals surface area contributed by atoms with Gasteiger partial charge in [0.2, 0.25) is 10.0 Å². The van der Waals surface area contributed by atoms with E-state index < -0.39 is 27.6 Å². The number of hydrogen-bond acceptors (Lipinski definition) is 5. The number of anilines is 1. The lowest BCUT2D eigenvalue weighted by Gasteiger charge is -2.29. The highest BCUT2D eigenvalue weighted by Gasteiger charge is 2.25. The third kappa shape index (κ3) is 7.42. The van der Waals surface area contributed by atoms with Crippen molar-refractivity contribution in [3.8, 4) is 17.2 Å². The van der Waals surface area contributed by atoms with Gasteiger partial charge < -0.3 is 10.0 Å². The van der Waals surface area contributed by atoms with Crippen LogP contribution in [0.3, 0.4) is 0 Å². The molecule has 37 heavy (non-hydrogen) atoms. The number of carboxylic acid groups (broad SMARTS) is 1. The molecule has 0 spiro atoms. The summed E-state index contributed by atoms with van der Waals surface area (Å²) in [4.78, 5) is 13.7. The minimum atomic E-state index is -3.70. The number of rotatable bonds is 10. The van der Waals surface area contributed by atoms with Gasteiger partial charge in [-0.1, -0.05) is 48.5 Å². The van der Waals surface area contributed by atoms with Gasteiger partial charge in [0.1, 0.15) is 6.04 Å². The monoisotopic (exact) mass is 519 g/mol. The molecule has 1 unspecified atom stereocenters. The molecule has 0 saturated heterocycles. The SMILES string of the molecule is CC(C(=O)O)N(CCCc1ccc(-c2ccccc2S(=O)(=O)NC(C)(C)C)cc1)c1cccc(C#N)c1. The van der Waals surface area contributed by atoms with Gasteiger partial charge in [0.05, 0.1) is 16.5 Å². The lowest BCUT2D eigenvalue weighted by atomic mass is 10.0. The van der Waals surface area contributed by atoms with Crippen molar-refractivity contribution < 1.29 is 18.3 Å². The molecule has 3 aromatic rings. The van der Waals surface area contributed by atoms with Crippen LogP contribution in [0.5, 0.6) is 0 Å². The Bertz CT molecular complexity index is 1390. The molecule has 3 aromatic carbocycles. The Hall–Kier alpha value is -3.67. The van der Waals surface area contributed by atoms with Gasteiger partial charge in [-0.15, -0.1) is 0 Å². The number of carboxylic acids is 1. The molecule has 194 valence electrons. The van der Waals surface area contributed by atoms with E-state index >= 15 is 0 Å². The molecule has 8 heteroatoms. The van der Waals surface area contributed by atoms with Crippen LogP contribution in [0.4, 0.5) is 5.69 Å². The number of nitriles is 1. The predicted octanol–water partition coefficient (Wildman–Crippen LogP) is 5.21. The van der Waals surface area contributed by atoms with E-state index in [1.165, 1.54) is 0 Å². The summed E-state index contributed by atoms with van der Waals surface area (Å²) < 4.78 is 28.7. The Balaban J connectivity index is 1.75. The molecule has 0 amide bonds. The van der Waals surface area contributed by atoms with E-state index in [1.807, 2.05) is 36.4 Å². The summed E-state index contributed by atoms with van der Waals surface area (Å²) in [6.45, 7) is 7.56. The second-order valence-electron chi connectivity index (χ2n) is 10.0. The van der Waals surface area contributed by atoms with Gasteiger partial charge in [-0.3, -0.25) is 0 Å². The van der Waals surface area contributed by atoms with Crippen molar-refractivity contribution in [2.24, 2.45) is 0 Å². The number of sulfonamides is 1. The van der Waals surface area contributed by atoms with Crippen LogP contribution in [0.2, 0.25) is 0 Å². The van der Waals surface area contributed by atoms with Gasteiger partial charge in [-0.05, 0) is 75.9 Å². The smallest absolute Gasteiger partial charge is 0.326 e. The molecule has 7 nitrogen and oxygen atoms in total. The topological polar surface area (TPSA) is 110 Å². The molecule has 3 rings (SSSR count). The third-order valence-corrected chi connectivity index (χ3v) is 7.69. The van der Waals surface area contributed by atoms with Gasteiger partial charge in [0.15, 0.2) is 0 Å². The van der Waals surface area contributed by atoms with Crippen LogP contribution in [0.15, 0.2) is 77.7 Å². The Morgan fingerprint density at radius 3 is 2.35 bits per heavy atom. The standard InChI is InChI=1S/C29H33N3O4S/c1-21(28(33)34)32(25-11-7-9-23(19-25)20-30)18-8-10-22-14-16-24(17-15-22)26-12-5-6-13-27(26)37(35,36)31-29(2,3)4/h5-7,9,11-17,19,21,31H,8,10,18H2,1-4H3,(H,33,34). The van der Waals surface area contributed by atoms with E-state index in [9.17, 15) is 23.6 Å². The van der Waals surface area contributed by atoms with Crippen LogP contribution in [0, 0.1) is 11.3 Å². The first-order chi connectivity index (χ1) is 17.4. The van der Waals surface area contributed by atoms with E-state index in [0.717, 1.165) is 11.1 Å². The van der Waals surface area contributed by atoms with E-state index in [-0.39, 0.29) is 4.90 Å². The summed E-state index contributed by atoms with van der Waals surface area (Å²) in [6, 6.07) is 23.0. The molecule has 0 fully saturated rings. The first-order valence-electron chi connectivity index (χ1n) is 12.1. The maximum Gasteiger partial charge on any atom is 0.326 e. The highest BCUT2D eigenvalue weighted by molar-refractivity contribution is 7.89. The van der Waals surface area contributed by atoms with Gasteiger partial charge in [-0.2, -0.15) is 5.26 Å². The minimum absolute atomic E-state index is 0.232. The lowest BCUT2D eigenvalue weighted by Crippen LogP contribution is -2.40. The summed E-state index contributed by atoms with van der Waals surface area (Å²) >= 11 is 0. The van der Waals surface area contributed by atoms with Gasteiger partial charge in [0, 0.05) is 23.3 Å². The molecular weight excluding hydrogens is 486 g/mol. The molecule has 0 radical (unpaired) electrons. The average molecular weight is 520 g/mol. The largest absolute Gasteiger partial charge is 0.480 e. The zero-order valence-electron chi connectivity index (χ0n) is 21.6. The molecular formula is C29H33N3O4S. The number of hydrogen-bond donors (Lipinski definition) is 2. The molecule has 0 aliphatic heterocycles. The second-order valence-corrected chi connectivity index (χ2v) is 11.7. The van der Waals surface area contributed by atoms with Crippen molar-refractivity contribution in [1.29, 1.82) is 5.26 Å². The van der Waals surface area contributed by atoms with E-state index in [2.05, 4.69) is 10.8 Å². The summed E-state index contributed by atoms with van der Waals surface area (Å²) in [5, 5.41) is 18.8. The predicted molar refractivity (Wildman–Crippen MR) is 146 cm³/mol. The van der Waals surface area contributed by atoms with E-state index in [4.69, 9.17) is 0 Å². The fraction of sp³-hybridized carbons (Fsp3) is 0.310. The van der Waals surface area contributed by atoms with Crippen molar-refractivity contribution >= 4 is 21.7 Å². The first kappa shape index (κ1) is 27.9. The van der Waals surface area contributed by atoms with E-state index in [1.54, 1.807) is 69.0 Å². The first-order valence-corrected chi connectivity index (χ1v) is 13.6. The second kappa shape index (κ2) is 11.6. The van der Waals surface area contributed by atoms with Crippen LogP contribution >= 0.6 is 0 Å². The Labute approximate surface area is 219 Å². The summed E-state index contributed by atoms with van der Waals surface area (Å²) in [5.74, 6) is -0.929. The summed E-state index contributed by atoms with van der Waals surface area (Å²) in [6.07, 6.45) is 1.42.